The normalized spacial score (nSPS) is 15.7. The van der Waals surface area contributed by atoms with Crippen molar-refractivity contribution >= 4 is 28.4 Å². The Kier molecular flexibility index (Phi) is 4.43. The summed E-state index contributed by atoms with van der Waals surface area (Å²) < 4.78 is 63.2. The quantitative estimate of drug-likeness (QED) is 0.786. The molecule has 0 atom stereocenters. The number of hydrogen-bond acceptors (Lipinski definition) is 4. The Morgan fingerprint density at radius 3 is 2.60 bits per heavy atom. The number of oxime groups is 1. The molecule has 0 aromatic carbocycles. The Balaban J connectivity index is 2.28. The van der Waals surface area contributed by atoms with E-state index in [1.165, 1.54) is 0 Å². The van der Waals surface area contributed by atoms with E-state index in [4.69, 9.17) is 11.6 Å². The molecule has 2 heterocycles. The van der Waals surface area contributed by atoms with Crippen molar-refractivity contribution in [1.29, 1.82) is 0 Å². The van der Waals surface area contributed by atoms with Crippen LogP contribution in [-0.2, 0) is 16.8 Å². The Morgan fingerprint density at radius 1 is 1.40 bits per heavy atom. The average molecular weight is 336 g/mol. The van der Waals surface area contributed by atoms with Gasteiger partial charge in [-0.3, -0.25) is 0 Å². The first kappa shape index (κ1) is 15.4. The highest BCUT2D eigenvalue weighted by Crippen LogP contribution is 2.38. The first-order valence-electron chi connectivity index (χ1n) is 5.24. The fourth-order valence-electron chi connectivity index (χ4n) is 1.48. The summed E-state index contributed by atoms with van der Waals surface area (Å²) in [6, 6.07) is 0. The molecule has 0 fully saturated rings. The van der Waals surface area contributed by atoms with E-state index >= 15 is 0 Å². The van der Waals surface area contributed by atoms with E-state index < -0.39 is 29.1 Å². The lowest BCUT2D eigenvalue weighted by atomic mass is 10.3. The second-order valence-electron chi connectivity index (χ2n) is 3.69. The molecule has 20 heavy (non-hydrogen) atoms. The van der Waals surface area contributed by atoms with Crippen LogP contribution in [0.2, 0.25) is 5.15 Å². The van der Waals surface area contributed by atoms with Crippen molar-refractivity contribution < 1.29 is 26.8 Å². The number of hydrogen-bond donors (Lipinski definition) is 0. The largest absolute Gasteiger partial charge is 0.435 e. The summed E-state index contributed by atoms with van der Waals surface area (Å²) in [5.41, 5.74) is -1.89. The van der Waals surface area contributed by atoms with Gasteiger partial charge < -0.3 is 4.84 Å². The fraction of sp³-hybridized carbons (Fsp3) is 0.556. The number of nitrogens with zero attached hydrogens (tertiary/aromatic N) is 3. The van der Waals surface area contributed by atoms with Gasteiger partial charge in [0, 0.05) is 17.7 Å². The van der Waals surface area contributed by atoms with E-state index in [1.54, 1.807) is 0 Å². The molecule has 1 aromatic rings. The lowest BCUT2D eigenvalue weighted by Crippen LogP contribution is -2.10. The molecule has 0 amide bonds. The summed E-state index contributed by atoms with van der Waals surface area (Å²) in [6.45, 7) is -2.90. The molecule has 0 unspecified atom stereocenters. The number of halogens is 6. The van der Waals surface area contributed by atoms with Crippen molar-refractivity contribution in [3.05, 3.63) is 16.4 Å². The molecule has 0 bridgehead atoms. The second-order valence-corrected chi connectivity index (χ2v) is 5.10. The molecule has 0 saturated heterocycles. The summed E-state index contributed by atoms with van der Waals surface area (Å²) in [7, 11) is 0. The van der Waals surface area contributed by atoms with Gasteiger partial charge in [-0.25, -0.2) is 0 Å². The van der Waals surface area contributed by atoms with Crippen molar-refractivity contribution in [2.75, 3.05) is 6.61 Å². The van der Waals surface area contributed by atoms with E-state index in [0.29, 0.717) is 18.1 Å². The van der Waals surface area contributed by atoms with Crippen LogP contribution in [0.3, 0.4) is 0 Å². The lowest BCUT2D eigenvalue weighted by molar-refractivity contribution is -0.142. The standard InChI is InChI=1S/C9H7ClF5N3OS/c10-7-4(3-20-5-1-2-19-17-5)6(9(13,14)15)16-18(7)8(11)12/h8H,1-3H2. The predicted octanol–water partition coefficient (Wildman–Crippen LogP) is 3.92. The van der Waals surface area contributed by atoms with Crippen molar-refractivity contribution in [2.24, 2.45) is 5.16 Å². The molecule has 1 aliphatic heterocycles. The van der Waals surface area contributed by atoms with Gasteiger partial charge in [0.05, 0.1) is 0 Å². The highest BCUT2D eigenvalue weighted by Gasteiger charge is 2.40. The van der Waals surface area contributed by atoms with E-state index in [2.05, 4.69) is 15.1 Å². The smallest absolute Gasteiger partial charge is 0.395 e. The molecule has 112 valence electrons. The first-order valence-corrected chi connectivity index (χ1v) is 6.61. The molecule has 2 rings (SSSR count). The summed E-state index contributed by atoms with van der Waals surface area (Å²) in [4.78, 5) is 4.69. The van der Waals surface area contributed by atoms with Crippen LogP contribution in [-0.4, -0.2) is 21.4 Å². The third-order valence-electron chi connectivity index (χ3n) is 2.35. The summed E-state index contributed by atoms with van der Waals surface area (Å²) in [6.07, 6.45) is -4.39. The molecule has 11 heteroatoms. The Labute approximate surface area is 118 Å². The highest BCUT2D eigenvalue weighted by atomic mass is 35.5. The molecular weight excluding hydrogens is 329 g/mol. The van der Waals surface area contributed by atoms with Crippen LogP contribution in [0.1, 0.15) is 24.2 Å². The van der Waals surface area contributed by atoms with E-state index in [-0.39, 0.29) is 10.4 Å². The van der Waals surface area contributed by atoms with Crippen LogP contribution in [0.25, 0.3) is 0 Å². The zero-order valence-corrected chi connectivity index (χ0v) is 11.2. The molecule has 4 nitrogen and oxygen atoms in total. The number of rotatable bonds is 3. The molecular formula is C9H7ClF5N3OS. The average Bonchev–Trinajstić information content (AvgIpc) is 2.93. The van der Waals surface area contributed by atoms with Gasteiger partial charge in [-0.05, 0) is 0 Å². The summed E-state index contributed by atoms with van der Waals surface area (Å²) >= 11 is 6.50. The molecule has 0 saturated carbocycles. The van der Waals surface area contributed by atoms with Gasteiger partial charge in [0.25, 0.3) is 0 Å². The number of aromatic nitrogens is 2. The van der Waals surface area contributed by atoms with Crippen LogP contribution in [0, 0.1) is 0 Å². The van der Waals surface area contributed by atoms with Crippen molar-refractivity contribution in [1.82, 2.24) is 9.78 Å². The van der Waals surface area contributed by atoms with Crippen LogP contribution in [0.15, 0.2) is 5.16 Å². The van der Waals surface area contributed by atoms with E-state index in [9.17, 15) is 22.0 Å². The van der Waals surface area contributed by atoms with Crippen LogP contribution in [0.5, 0.6) is 0 Å². The molecule has 0 N–H and O–H groups in total. The van der Waals surface area contributed by atoms with Crippen molar-refractivity contribution in [3.63, 3.8) is 0 Å². The van der Waals surface area contributed by atoms with Gasteiger partial charge in [0.15, 0.2) is 5.69 Å². The minimum absolute atomic E-state index is 0.146. The zero-order chi connectivity index (χ0) is 14.9. The van der Waals surface area contributed by atoms with Gasteiger partial charge in [-0.15, -0.1) is 11.8 Å². The maximum absolute atomic E-state index is 12.8. The van der Waals surface area contributed by atoms with Crippen molar-refractivity contribution in [2.45, 2.75) is 24.9 Å². The predicted molar refractivity (Wildman–Crippen MR) is 62.8 cm³/mol. The van der Waals surface area contributed by atoms with E-state index in [1.807, 2.05) is 0 Å². The monoisotopic (exact) mass is 335 g/mol. The Hall–Kier alpha value is -1.03. The molecule has 0 spiro atoms. The first-order chi connectivity index (χ1) is 9.30. The van der Waals surface area contributed by atoms with Crippen LogP contribution in [0.4, 0.5) is 22.0 Å². The van der Waals surface area contributed by atoms with Gasteiger partial charge in [0.1, 0.15) is 16.8 Å². The topological polar surface area (TPSA) is 39.4 Å². The highest BCUT2D eigenvalue weighted by molar-refractivity contribution is 8.13. The molecule has 1 aliphatic rings. The number of alkyl halides is 5. The van der Waals surface area contributed by atoms with Gasteiger partial charge in [0.2, 0.25) is 0 Å². The molecule has 1 aromatic heterocycles. The summed E-state index contributed by atoms with van der Waals surface area (Å²) in [5.74, 6) is -0.261. The van der Waals surface area contributed by atoms with Gasteiger partial charge in [-0.2, -0.15) is 31.7 Å². The molecule has 0 radical (unpaired) electrons. The van der Waals surface area contributed by atoms with Crippen molar-refractivity contribution in [3.8, 4) is 0 Å². The Morgan fingerprint density at radius 2 is 2.10 bits per heavy atom. The maximum atomic E-state index is 12.8. The van der Waals surface area contributed by atoms with E-state index in [0.717, 1.165) is 11.8 Å². The van der Waals surface area contributed by atoms with Gasteiger partial charge >= 0.3 is 12.7 Å². The molecule has 0 aliphatic carbocycles. The zero-order valence-electron chi connectivity index (χ0n) is 9.62. The second kappa shape index (κ2) is 5.76. The third kappa shape index (κ3) is 3.17. The number of thioether (sulfide) groups is 1. The third-order valence-corrected chi connectivity index (χ3v) is 3.80. The summed E-state index contributed by atoms with van der Waals surface area (Å²) in [5, 5.41) is 6.21. The van der Waals surface area contributed by atoms with Crippen LogP contribution >= 0.6 is 23.4 Å². The lowest BCUT2D eigenvalue weighted by Gasteiger charge is -2.05. The Bertz CT molecular complexity index is 530. The minimum Gasteiger partial charge on any atom is -0.395 e. The fourth-order valence-corrected chi connectivity index (χ4v) is 2.75. The van der Waals surface area contributed by atoms with Crippen LogP contribution < -0.4 is 0 Å². The van der Waals surface area contributed by atoms with Gasteiger partial charge in [-0.1, -0.05) is 16.8 Å². The SMILES string of the molecule is FC(F)n1nc(C(F)(F)F)c(CSC2=NOCC2)c1Cl. The maximum Gasteiger partial charge on any atom is 0.435 e. The minimum atomic E-state index is -4.85.